The van der Waals surface area contributed by atoms with Gasteiger partial charge in [0.1, 0.15) is 0 Å². The minimum atomic E-state index is -3.57. The van der Waals surface area contributed by atoms with Gasteiger partial charge < -0.3 is 15.3 Å². The molecule has 26 heavy (non-hydrogen) atoms. The molecular formula is C17H25N3O5S. The summed E-state index contributed by atoms with van der Waals surface area (Å²) in [5.74, 6) is -1.36. The third-order valence-corrected chi connectivity index (χ3v) is 5.99. The lowest BCUT2D eigenvalue weighted by atomic mass is 9.91. The van der Waals surface area contributed by atoms with Gasteiger partial charge >= 0.3 is 12.0 Å². The van der Waals surface area contributed by atoms with E-state index in [1.54, 1.807) is 19.1 Å². The Morgan fingerprint density at radius 3 is 2.62 bits per heavy atom. The molecule has 0 bridgehead atoms. The maximum Gasteiger partial charge on any atom is 0.317 e. The molecule has 1 aliphatic rings. The van der Waals surface area contributed by atoms with Crippen LogP contribution in [0.1, 0.15) is 31.9 Å². The Labute approximate surface area is 153 Å². The second-order valence-electron chi connectivity index (χ2n) is 6.73. The molecule has 0 saturated carbocycles. The molecule has 0 radical (unpaired) electrons. The average Bonchev–Trinajstić information content (AvgIpc) is 2.61. The number of rotatable bonds is 5. The molecule has 3 N–H and O–H groups in total. The molecular weight excluding hydrogens is 358 g/mol. The molecule has 2 amide bonds. The summed E-state index contributed by atoms with van der Waals surface area (Å²) >= 11 is 0. The molecule has 1 heterocycles. The average molecular weight is 383 g/mol. The number of hydrogen-bond acceptors (Lipinski definition) is 4. The zero-order valence-electron chi connectivity index (χ0n) is 15.1. The molecule has 1 fully saturated rings. The Hall–Kier alpha value is -2.13. The third kappa shape index (κ3) is 4.73. The molecule has 3 atom stereocenters. The zero-order chi connectivity index (χ0) is 19.5. The van der Waals surface area contributed by atoms with Crippen molar-refractivity contribution in [3.63, 3.8) is 0 Å². The van der Waals surface area contributed by atoms with Gasteiger partial charge in [-0.1, -0.05) is 19.1 Å². The number of piperidine rings is 1. The Kier molecular flexibility index (Phi) is 6.25. The van der Waals surface area contributed by atoms with E-state index < -0.39 is 28.0 Å². The van der Waals surface area contributed by atoms with Crippen molar-refractivity contribution in [2.24, 2.45) is 11.8 Å². The van der Waals surface area contributed by atoms with Gasteiger partial charge in [-0.25, -0.2) is 17.9 Å². The molecule has 1 aromatic carbocycles. The number of likely N-dealkylation sites (tertiary alicyclic amines) is 1. The second kappa shape index (κ2) is 8.05. The number of benzene rings is 1. The van der Waals surface area contributed by atoms with Gasteiger partial charge in [0.25, 0.3) is 0 Å². The van der Waals surface area contributed by atoms with Crippen LogP contribution in [0.5, 0.6) is 0 Å². The highest BCUT2D eigenvalue weighted by atomic mass is 32.2. The first kappa shape index (κ1) is 20.2. The van der Waals surface area contributed by atoms with Gasteiger partial charge in [0.15, 0.2) is 0 Å². The van der Waals surface area contributed by atoms with Gasteiger partial charge in [-0.15, -0.1) is 0 Å². The molecule has 2 rings (SSSR count). The summed E-state index contributed by atoms with van der Waals surface area (Å²) in [5, 5.41) is 12.0. The van der Waals surface area contributed by atoms with E-state index in [4.69, 9.17) is 0 Å². The van der Waals surface area contributed by atoms with E-state index in [-0.39, 0.29) is 23.4 Å². The summed E-state index contributed by atoms with van der Waals surface area (Å²) < 4.78 is 26.1. The predicted molar refractivity (Wildman–Crippen MR) is 96.1 cm³/mol. The fourth-order valence-electron chi connectivity index (χ4n) is 3.13. The molecule has 144 valence electrons. The van der Waals surface area contributed by atoms with Crippen molar-refractivity contribution in [1.29, 1.82) is 0 Å². The monoisotopic (exact) mass is 383 g/mol. The van der Waals surface area contributed by atoms with Crippen LogP contribution in [0.25, 0.3) is 0 Å². The number of carboxylic acids is 1. The SMILES string of the molecule is CNS(=O)(=O)c1cccc(C(C)NC(=O)N2CC(C)CC(C(=O)O)C2)c1. The van der Waals surface area contributed by atoms with Gasteiger partial charge in [0.05, 0.1) is 16.9 Å². The minimum Gasteiger partial charge on any atom is -0.481 e. The largest absolute Gasteiger partial charge is 0.481 e. The van der Waals surface area contributed by atoms with Gasteiger partial charge in [0.2, 0.25) is 10.0 Å². The van der Waals surface area contributed by atoms with Crippen molar-refractivity contribution in [2.75, 3.05) is 20.1 Å². The van der Waals surface area contributed by atoms with E-state index in [0.717, 1.165) is 0 Å². The number of carbonyl (C=O) groups is 2. The second-order valence-corrected chi connectivity index (χ2v) is 8.62. The molecule has 3 unspecified atom stereocenters. The van der Waals surface area contributed by atoms with Crippen LogP contribution in [-0.2, 0) is 14.8 Å². The van der Waals surface area contributed by atoms with Crippen LogP contribution in [0.3, 0.4) is 0 Å². The highest BCUT2D eigenvalue weighted by molar-refractivity contribution is 7.89. The fourth-order valence-corrected chi connectivity index (χ4v) is 3.91. The van der Waals surface area contributed by atoms with Crippen molar-refractivity contribution in [2.45, 2.75) is 31.2 Å². The molecule has 0 aliphatic carbocycles. The van der Waals surface area contributed by atoms with Crippen molar-refractivity contribution in [1.82, 2.24) is 14.9 Å². The Bertz CT molecular complexity index is 780. The van der Waals surface area contributed by atoms with E-state index in [2.05, 4.69) is 10.0 Å². The molecule has 1 aromatic rings. The molecule has 0 spiro atoms. The normalized spacial score (nSPS) is 21.9. The number of carbonyl (C=O) groups excluding carboxylic acids is 1. The predicted octanol–water partition coefficient (Wildman–Crippen LogP) is 1.41. The lowest BCUT2D eigenvalue weighted by molar-refractivity contribution is -0.143. The number of hydrogen-bond donors (Lipinski definition) is 3. The van der Waals surface area contributed by atoms with E-state index in [1.165, 1.54) is 24.1 Å². The fraction of sp³-hybridized carbons (Fsp3) is 0.529. The van der Waals surface area contributed by atoms with Crippen molar-refractivity contribution in [3.05, 3.63) is 29.8 Å². The number of sulfonamides is 1. The maximum atomic E-state index is 12.5. The summed E-state index contributed by atoms with van der Waals surface area (Å²) in [5.41, 5.74) is 0.648. The first-order valence-electron chi connectivity index (χ1n) is 8.45. The van der Waals surface area contributed by atoms with Crippen LogP contribution in [0.15, 0.2) is 29.2 Å². The molecule has 1 saturated heterocycles. The van der Waals surface area contributed by atoms with Crippen LogP contribution in [0.4, 0.5) is 4.79 Å². The zero-order valence-corrected chi connectivity index (χ0v) is 15.9. The quantitative estimate of drug-likeness (QED) is 0.711. The van der Waals surface area contributed by atoms with Crippen molar-refractivity contribution >= 4 is 22.0 Å². The summed E-state index contributed by atoms with van der Waals surface area (Å²) in [4.78, 5) is 25.4. The van der Waals surface area contributed by atoms with Gasteiger partial charge in [-0.05, 0) is 44.0 Å². The molecule has 8 nitrogen and oxygen atoms in total. The number of nitrogens with zero attached hydrogens (tertiary/aromatic N) is 1. The lowest BCUT2D eigenvalue weighted by Crippen LogP contribution is -2.49. The summed E-state index contributed by atoms with van der Waals surface area (Å²) in [7, 11) is -2.23. The molecule has 0 aromatic heterocycles. The summed E-state index contributed by atoms with van der Waals surface area (Å²) in [6, 6.07) is 5.57. The van der Waals surface area contributed by atoms with Crippen LogP contribution in [0, 0.1) is 11.8 Å². The van der Waals surface area contributed by atoms with Crippen molar-refractivity contribution < 1.29 is 23.1 Å². The first-order valence-corrected chi connectivity index (χ1v) is 9.94. The summed E-state index contributed by atoms with van der Waals surface area (Å²) in [6.07, 6.45) is 0.554. The highest BCUT2D eigenvalue weighted by Crippen LogP contribution is 2.23. The highest BCUT2D eigenvalue weighted by Gasteiger charge is 2.32. The lowest BCUT2D eigenvalue weighted by Gasteiger charge is -2.35. The number of aliphatic carboxylic acids is 1. The van der Waals surface area contributed by atoms with Crippen LogP contribution in [-0.4, -0.2) is 50.6 Å². The summed E-state index contributed by atoms with van der Waals surface area (Å²) in [6.45, 7) is 4.35. The topological polar surface area (TPSA) is 116 Å². The van der Waals surface area contributed by atoms with E-state index >= 15 is 0 Å². The van der Waals surface area contributed by atoms with Gasteiger partial charge in [0, 0.05) is 13.1 Å². The minimum absolute atomic E-state index is 0.106. The van der Waals surface area contributed by atoms with E-state index in [9.17, 15) is 23.1 Å². The standard InChI is InChI=1S/C17H25N3O5S/c1-11-7-14(16(21)22)10-20(9-11)17(23)19-12(2)13-5-4-6-15(8-13)26(24,25)18-3/h4-6,8,11-12,14,18H,7,9-10H2,1-3H3,(H,19,23)(H,21,22). The van der Waals surface area contributed by atoms with E-state index in [0.29, 0.717) is 18.5 Å². The number of amides is 2. The van der Waals surface area contributed by atoms with E-state index in [1.807, 2.05) is 6.92 Å². The Morgan fingerprint density at radius 1 is 1.31 bits per heavy atom. The number of urea groups is 1. The van der Waals surface area contributed by atoms with Crippen molar-refractivity contribution in [3.8, 4) is 0 Å². The Morgan fingerprint density at radius 2 is 2.00 bits per heavy atom. The van der Waals surface area contributed by atoms with Gasteiger partial charge in [-0.2, -0.15) is 0 Å². The van der Waals surface area contributed by atoms with Crippen LogP contribution in [0.2, 0.25) is 0 Å². The third-order valence-electron chi connectivity index (χ3n) is 4.57. The molecule has 1 aliphatic heterocycles. The molecule has 9 heteroatoms. The van der Waals surface area contributed by atoms with Crippen LogP contribution >= 0.6 is 0 Å². The van der Waals surface area contributed by atoms with Crippen LogP contribution < -0.4 is 10.0 Å². The number of carboxylic acid groups (broad SMARTS) is 1. The van der Waals surface area contributed by atoms with Gasteiger partial charge in [-0.3, -0.25) is 4.79 Å². The first-order chi connectivity index (χ1) is 12.1. The Balaban J connectivity index is 2.09. The maximum absolute atomic E-state index is 12.5. The smallest absolute Gasteiger partial charge is 0.317 e. The number of nitrogens with one attached hydrogen (secondary N) is 2.